The van der Waals surface area contributed by atoms with Crippen molar-refractivity contribution in [3.8, 4) is 0 Å². The molecule has 1 aromatic heterocycles. The number of nitrogens with one attached hydrogen (secondary N) is 2. The second kappa shape index (κ2) is 5.55. The third-order valence-corrected chi connectivity index (χ3v) is 2.43. The second-order valence-corrected chi connectivity index (χ2v) is 4.50. The van der Waals surface area contributed by atoms with Gasteiger partial charge >= 0.3 is 0 Å². The molecule has 2 rings (SSSR count). The summed E-state index contributed by atoms with van der Waals surface area (Å²) in [4.78, 5) is 25.7. The van der Waals surface area contributed by atoms with Gasteiger partial charge in [0.1, 0.15) is 5.52 Å². The van der Waals surface area contributed by atoms with E-state index in [9.17, 15) is 14.9 Å². The van der Waals surface area contributed by atoms with E-state index in [-0.39, 0.29) is 30.2 Å². The molecule has 0 fully saturated rings. The van der Waals surface area contributed by atoms with Gasteiger partial charge in [-0.25, -0.2) is 0 Å². The lowest BCUT2D eigenvalue weighted by atomic mass is 10.3. The number of oxazole rings is 1. The first-order chi connectivity index (χ1) is 9.45. The van der Waals surface area contributed by atoms with Gasteiger partial charge in [-0.05, 0) is 19.9 Å². The van der Waals surface area contributed by atoms with Gasteiger partial charge in [-0.2, -0.15) is 4.98 Å². The number of carbonyl (C=O) groups is 1. The largest absolute Gasteiger partial charge is 0.423 e. The van der Waals surface area contributed by atoms with Crippen molar-refractivity contribution in [1.29, 1.82) is 0 Å². The van der Waals surface area contributed by atoms with Crippen LogP contribution in [-0.2, 0) is 4.79 Å². The van der Waals surface area contributed by atoms with Crippen molar-refractivity contribution in [2.75, 3.05) is 11.9 Å². The Morgan fingerprint density at radius 2 is 2.25 bits per heavy atom. The molecule has 0 atom stereocenters. The molecule has 106 valence electrons. The van der Waals surface area contributed by atoms with Crippen molar-refractivity contribution in [3.05, 3.63) is 28.3 Å². The zero-order valence-corrected chi connectivity index (χ0v) is 11.0. The highest BCUT2D eigenvalue weighted by Gasteiger charge is 2.12. The minimum atomic E-state index is -0.509. The van der Waals surface area contributed by atoms with Gasteiger partial charge in [0.25, 0.3) is 11.7 Å². The number of nitrogens with zero attached hydrogens (tertiary/aromatic N) is 2. The fourth-order valence-electron chi connectivity index (χ4n) is 1.63. The van der Waals surface area contributed by atoms with Gasteiger partial charge in [0.05, 0.1) is 17.5 Å². The Morgan fingerprint density at radius 3 is 2.90 bits per heavy atom. The monoisotopic (exact) mass is 278 g/mol. The Morgan fingerprint density at radius 1 is 1.50 bits per heavy atom. The molecule has 1 amide bonds. The highest BCUT2D eigenvalue weighted by atomic mass is 16.6. The fraction of sp³-hybridized carbons (Fsp3) is 0.333. The summed E-state index contributed by atoms with van der Waals surface area (Å²) in [6.07, 6.45) is 0. The molecule has 0 aliphatic rings. The molecular formula is C12H14N4O4. The summed E-state index contributed by atoms with van der Waals surface area (Å²) in [6.45, 7) is 3.74. The lowest BCUT2D eigenvalue weighted by Gasteiger charge is -2.07. The van der Waals surface area contributed by atoms with Crippen LogP contribution in [0.25, 0.3) is 11.1 Å². The number of nitro groups is 1. The third-order valence-electron chi connectivity index (χ3n) is 2.43. The molecule has 1 aromatic carbocycles. The summed E-state index contributed by atoms with van der Waals surface area (Å²) in [6, 6.07) is 4.34. The molecule has 1 heterocycles. The molecule has 8 heteroatoms. The molecular weight excluding hydrogens is 264 g/mol. The minimum absolute atomic E-state index is 0.0209. The van der Waals surface area contributed by atoms with Crippen molar-refractivity contribution in [2.24, 2.45) is 0 Å². The van der Waals surface area contributed by atoms with Crippen molar-refractivity contribution in [2.45, 2.75) is 19.9 Å². The molecule has 0 bridgehead atoms. The van der Waals surface area contributed by atoms with Crippen LogP contribution in [0.3, 0.4) is 0 Å². The SMILES string of the molecule is CC(C)NC(=O)CNc1nc2ccc([N+](=O)[O-])cc2o1. The summed E-state index contributed by atoms with van der Waals surface area (Å²) in [5.41, 5.74) is 0.714. The number of rotatable bonds is 5. The lowest BCUT2D eigenvalue weighted by Crippen LogP contribution is -2.34. The summed E-state index contributed by atoms with van der Waals surface area (Å²) < 4.78 is 5.31. The van der Waals surface area contributed by atoms with Crippen molar-refractivity contribution >= 4 is 28.7 Å². The van der Waals surface area contributed by atoms with Crippen LogP contribution < -0.4 is 10.6 Å². The van der Waals surface area contributed by atoms with Gasteiger partial charge in [0.15, 0.2) is 5.58 Å². The number of nitro benzene ring substituents is 1. The van der Waals surface area contributed by atoms with Crippen LogP contribution in [0.15, 0.2) is 22.6 Å². The number of aromatic nitrogens is 1. The van der Waals surface area contributed by atoms with E-state index in [0.717, 1.165) is 0 Å². The lowest BCUT2D eigenvalue weighted by molar-refractivity contribution is -0.384. The number of anilines is 1. The second-order valence-electron chi connectivity index (χ2n) is 4.50. The Balaban J connectivity index is 2.08. The standard InChI is InChI=1S/C12H14N4O4/c1-7(2)14-11(17)6-13-12-15-9-4-3-8(16(18)19)5-10(9)20-12/h3-5,7H,6H2,1-2H3,(H,13,15)(H,14,17). The van der Waals surface area contributed by atoms with Crippen LogP contribution >= 0.6 is 0 Å². The maximum Gasteiger partial charge on any atom is 0.296 e. The molecule has 20 heavy (non-hydrogen) atoms. The number of hydrogen-bond donors (Lipinski definition) is 2. The van der Waals surface area contributed by atoms with Crippen LogP contribution in [0, 0.1) is 10.1 Å². The zero-order valence-electron chi connectivity index (χ0n) is 11.0. The van der Waals surface area contributed by atoms with Crippen molar-refractivity contribution in [3.63, 3.8) is 0 Å². The van der Waals surface area contributed by atoms with Crippen LogP contribution in [0.2, 0.25) is 0 Å². The Bertz CT molecular complexity index is 650. The van der Waals surface area contributed by atoms with E-state index < -0.39 is 4.92 Å². The van der Waals surface area contributed by atoms with E-state index in [1.807, 2.05) is 13.8 Å². The van der Waals surface area contributed by atoms with Crippen LogP contribution in [0.5, 0.6) is 0 Å². The summed E-state index contributed by atoms with van der Waals surface area (Å²) >= 11 is 0. The molecule has 0 saturated carbocycles. The third kappa shape index (κ3) is 3.22. The zero-order chi connectivity index (χ0) is 14.7. The van der Waals surface area contributed by atoms with Crippen molar-refractivity contribution < 1.29 is 14.1 Å². The van der Waals surface area contributed by atoms with E-state index in [0.29, 0.717) is 11.1 Å². The highest BCUT2D eigenvalue weighted by molar-refractivity contribution is 5.81. The first-order valence-electron chi connectivity index (χ1n) is 6.04. The van der Waals surface area contributed by atoms with E-state index in [1.165, 1.54) is 18.2 Å². The molecule has 0 aliphatic heterocycles. The topological polar surface area (TPSA) is 110 Å². The Hall–Kier alpha value is -2.64. The normalized spacial score (nSPS) is 10.8. The van der Waals surface area contributed by atoms with E-state index in [2.05, 4.69) is 15.6 Å². The average Bonchev–Trinajstić information content (AvgIpc) is 2.77. The molecule has 0 radical (unpaired) electrons. The smallest absolute Gasteiger partial charge is 0.296 e. The number of carbonyl (C=O) groups excluding carboxylic acids is 1. The number of hydrogen-bond acceptors (Lipinski definition) is 6. The van der Waals surface area contributed by atoms with Gasteiger partial charge in [0, 0.05) is 12.1 Å². The summed E-state index contributed by atoms with van der Waals surface area (Å²) in [5.74, 6) is -0.187. The van der Waals surface area contributed by atoms with Gasteiger partial charge in [0.2, 0.25) is 5.91 Å². The summed E-state index contributed by atoms with van der Waals surface area (Å²) in [5, 5.41) is 16.1. The quantitative estimate of drug-likeness (QED) is 0.635. The number of non-ortho nitro benzene ring substituents is 1. The number of benzene rings is 1. The molecule has 0 saturated heterocycles. The van der Waals surface area contributed by atoms with E-state index in [4.69, 9.17) is 4.42 Å². The van der Waals surface area contributed by atoms with Crippen LogP contribution in [-0.4, -0.2) is 28.4 Å². The van der Waals surface area contributed by atoms with Gasteiger partial charge < -0.3 is 15.1 Å². The van der Waals surface area contributed by atoms with Gasteiger partial charge in [-0.1, -0.05) is 0 Å². The Kier molecular flexibility index (Phi) is 3.83. The van der Waals surface area contributed by atoms with Crippen LogP contribution in [0.4, 0.5) is 11.7 Å². The Labute approximate surface area is 114 Å². The maximum atomic E-state index is 11.5. The average molecular weight is 278 g/mol. The molecule has 8 nitrogen and oxygen atoms in total. The first kappa shape index (κ1) is 13.8. The van der Waals surface area contributed by atoms with Crippen molar-refractivity contribution in [1.82, 2.24) is 10.3 Å². The highest BCUT2D eigenvalue weighted by Crippen LogP contribution is 2.23. The predicted octanol–water partition coefficient (Wildman–Crippen LogP) is 1.67. The van der Waals surface area contributed by atoms with Crippen LogP contribution in [0.1, 0.15) is 13.8 Å². The number of fused-ring (bicyclic) bond motifs is 1. The minimum Gasteiger partial charge on any atom is -0.423 e. The summed E-state index contributed by atoms with van der Waals surface area (Å²) in [7, 11) is 0. The fourth-order valence-corrected chi connectivity index (χ4v) is 1.63. The molecule has 0 unspecified atom stereocenters. The van der Waals surface area contributed by atoms with E-state index in [1.54, 1.807) is 0 Å². The first-order valence-corrected chi connectivity index (χ1v) is 6.04. The molecule has 0 spiro atoms. The van der Waals surface area contributed by atoms with E-state index >= 15 is 0 Å². The van der Waals surface area contributed by atoms with Gasteiger partial charge in [-0.3, -0.25) is 14.9 Å². The maximum absolute atomic E-state index is 11.5. The van der Waals surface area contributed by atoms with Gasteiger partial charge in [-0.15, -0.1) is 0 Å². The molecule has 2 N–H and O–H groups in total. The predicted molar refractivity (Wildman–Crippen MR) is 72.4 cm³/mol. The molecule has 2 aromatic rings. The molecule has 0 aliphatic carbocycles. The number of amides is 1.